The van der Waals surface area contributed by atoms with Gasteiger partial charge in [0.25, 0.3) is 0 Å². The van der Waals surface area contributed by atoms with E-state index in [9.17, 15) is 9.59 Å². The van der Waals surface area contributed by atoms with Crippen molar-refractivity contribution < 1.29 is 19.8 Å². The molecule has 0 aromatic heterocycles. The molecule has 0 aliphatic rings. The fourth-order valence-electron chi connectivity index (χ4n) is 1.52. The van der Waals surface area contributed by atoms with Crippen molar-refractivity contribution in [2.24, 2.45) is 0 Å². The van der Waals surface area contributed by atoms with Crippen molar-refractivity contribution in [2.75, 3.05) is 0 Å². The highest BCUT2D eigenvalue weighted by atomic mass is 33.1. The molecular formula is C14H10O4S2. The van der Waals surface area contributed by atoms with Crippen LogP contribution in [0, 0.1) is 0 Å². The summed E-state index contributed by atoms with van der Waals surface area (Å²) in [5.41, 5.74) is 0.413. The quantitative estimate of drug-likeness (QED) is 0.815. The first-order chi connectivity index (χ1) is 9.59. The molecule has 2 N–H and O–H groups in total. The predicted octanol–water partition coefficient (Wildman–Crippen LogP) is 3.88. The number of carboxylic acids is 2. The van der Waals surface area contributed by atoms with Gasteiger partial charge in [-0.3, -0.25) is 0 Å². The molecule has 2 aromatic carbocycles. The Bertz CT molecular complexity index is 598. The standard InChI is InChI=1S/C14H10O4S2/c15-13(16)9-5-1-3-7-11(9)19-20-12-8-4-2-6-10(12)14(17)18/h1-8H,(H,15,16)(H,17,18)/i1+1,2+1,3+1,4+1,5+1,6+1,7+1,8+1,9+1,10+1,11+1,12+1. The van der Waals surface area contributed by atoms with Crippen LogP contribution < -0.4 is 0 Å². The van der Waals surface area contributed by atoms with Crippen molar-refractivity contribution in [2.45, 2.75) is 9.79 Å². The summed E-state index contributed by atoms with van der Waals surface area (Å²) in [6.07, 6.45) is 0. The molecule has 0 fully saturated rings. The Balaban J connectivity index is 2.22. The normalized spacial score (nSPS) is 10.2. The minimum Gasteiger partial charge on any atom is -0.478 e. The third-order valence-electron chi connectivity index (χ3n) is 2.46. The molecule has 0 aliphatic heterocycles. The van der Waals surface area contributed by atoms with Crippen LogP contribution in [0.5, 0.6) is 0 Å². The Morgan fingerprint density at radius 3 is 1.40 bits per heavy atom. The fraction of sp³-hybridized carbons (Fsp3) is 0. The van der Waals surface area contributed by atoms with Gasteiger partial charge in [-0.25, -0.2) is 9.59 Å². The van der Waals surface area contributed by atoms with Gasteiger partial charge in [-0.1, -0.05) is 45.9 Å². The zero-order valence-electron chi connectivity index (χ0n) is 10.1. The SMILES string of the molecule is O=C(O)[13c]1[13cH][13cH][13cH][13cH][13c]1SS[13c]1[13cH][13cH][13cH][13cH][13c]1C(=O)O. The third kappa shape index (κ3) is 3.34. The molecule has 20 heavy (non-hydrogen) atoms. The van der Waals surface area contributed by atoms with Gasteiger partial charge in [0.15, 0.2) is 0 Å². The lowest BCUT2D eigenvalue weighted by Gasteiger charge is -2.06. The minimum absolute atomic E-state index is 0.206. The highest BCUT2D eigenvalue weighted by molar-refractivity contribution is 8.76. The van der Waals surface area contributed by atoms with Crippen molar-refractivity contribution in [3.05, 3.63) is 59.7 Å². The fourth-order valence-corrected chi connectivity index (χ4v) is 3.87. The van der Waals surface area contributed by atoms with Crippen LogP contribution in [0.4, 0.5) is 0 Å². The molecule has 0 amide bonds. The smallest absolute Gasteiger partial charge is 0.336 e. The molecule has 2 aromatic rings. The van der Waals surface area contributed by atoms with Gasteiger partial charge in [0, 0.05) is 9.79 Å². The van der Waals surface area contributed by atoms with Gasteiger partial charge in [0.05, 0.1) is 11.1 Å². The summed E-state index contributed by atoms with van der Waals surface area (Å²) in [6.45, 7) is 0. The molecule has 6 heteroatoms. The van der Waals surface area contributed by atoms with E-state index in [-0.39, 0.29) is 11.1 Å². The number of hydrogen-bond acceptors (Lipinski definition) is 4. The molecule has 0 spiro atoms. The Morgan fingerprint density at radius 2 is 1.05 bits per heavy atom. The number of rotatable bonds is 5. The van der Waals surface area contributed by atoms with E-state index in [1.807, 2.05) is 0 Å². The number of carbonyl (C=O) groups is 2. The summed E-state index contributed by atoms with van der Waals surface area (Å²) >= 11 is 0. The van der Waals surface area contributed by atoms with Crippen molar-refractivity contribution in [1.82, 2.24) is 0 Å². The molecule has 2 rings (SSSR count). The summed E-state index contributed by atoms with van der Waals surface area (Å²) in [5.74, 6) is -2.00. The van der Waals surface area contributed by atoms with Crippen LogP contribution >= 0.6 is 21.6 Å². The monoisotopic (exact) mass is 318 g/mol. The molecule has 0 aliphatic carbocycles. The van der Waals surface area contributed by atoms with Crippen LogP contribution in [0.1, 0.15) is 20.7 Å². The maximum absolute atomic E-state index is 11.1. The van der Waals surface area contributed by atoms with Crippen LogP contribution in [0.15, 0.2) is 58.3 Å². The van der Waals surface area contributed by atoms with Crippen molar-refractivity contribution in [3.8, 4) is 0 Å². The van der Waals surface area contributed by atoms with Gasteiger partial charge >= 0.3 is 11.9 Å². The number of carboxylic acid groups (broad SMARTS) is 2. The Morgan fingerprint density at radius 1 is 0.700 bits per heavy atom. The second-order valence-electron chi connectivity index (χ2n) is 3.77. The van der Waals surface area contributed by atoms with Crippen LogP contribution in [0.3, 0.4) is 0 Å². The van der Waals surface area contributed by atoms with Gasteiger partial charge in [-0.05, 0) is 24.3 Å². The van der Waals surface area contributed by atoms with E-state index in [0.29, 0.717) is 9.79 Å². The zero-order chi connectivity index (χ0) is 14.5. The molecule has 0 atom stereocenters. The van der Waals surface area contributed by atoms with Crippen LogP contribution in [0.25, 0.3) is 0 Å². The number of aromatic carboxylic acids is 2. The molecule has 0 heterocycles. The van der Waals surface area contributed by atoms with Crippen LogP contribution in [-0.4, -0.2) is 22.2 Å². The second-order valence-corrected chi connectivity index (χ2v) is 5.98. The topological polar surface area (TPSA) is 74.6 Å². The highest BCUT2D eigenvalue weighted by Gasteiger charge is 2.13. The van der Waals surface area contributed by atoms with Crippen LogP contribution in [-0.2, 0) is 0 Å². The molecule has 102 valence electrons. The van der Waals surface area contributed by atoms with Gasteiger partial charge in [0.2, 0.25) is 0 Å². The largest absolute Gasteiger partial charge is 0.478 e. The predicted molar refractivity (Wildman–Crippen MR) is 78.5 cm³/mol. The van der Waals surface area contributed by atoms with E-state index in [0.717, 1.165) is 0 Å². The Hall–Kier alpha value is -1.92. The van der Waals surface area contributed by atoms with Crippen molar-refractivity contribution in [1.29, 1.82) is 0 Å². The first-order valence-corrected chi connectivity index (χ1v) is 7.73. The summed E-state index contributed by atoms with van der Waals surface area (Å²) in [6, 6.07) is 13.3. The molecule has 0 radical (unpaired) electrons. The second kappa shape index (κ2) is 6.49. The lowest BCUT2D eigenvalue weighted by Crippen LogP contribution is -1.98. The van der Waals surface area contributed by atoms with Gasteiger partial charge in [-0.15, -0.1) is 0 Å². The maximum atomic E-state index is 11.1. The highest BCUT2D eigenvalue weighted by Crippen LogP contribution is 2.40. The Kier molecular flexibility index (Phi) is 4.70. The molecule has 0 saturated heterocycles. The molecule has 0 unspecified atom stereocenters. The first-order valence-electron chi connectivity index (χ1n) is 5.59. The Labute approximate surface area is 123 Å². The molecule has 0 saturated carbocycles. The average molecular weight is 318 g/mol. The maximum Gasteiger partial charge on any atom is 0.336 e. The number of benzene rings is 2. The summed E-state index contributed by atoms with van der Waals surface area (Å²) in [5, 5.41) is 18.2. The van der Waals surface area contributed by atoms with Gasteiger partial charge in [0.1, 0.15) is 0 Å². The first kappa shape index (κ1) is 14.5. The lowest BCUT2D eigenvalue weighted by atomic mass is 10.9. The van der Waals surface area contributed by atoms with Gasteiger partial charge < -0.3 is 10.2 Å². The summed E-state index contributed by atoms with van der Waals surface area (Å²) in [7, 11) is 2.47. The van der Waals surface area contributed by atoms with E-state index in [4.69, 9.17) is 10.2 Å². The minimum atomic E-state index is -1.000. The zero-order valence-corrected chi connectivity index (χ0v) is 11.8. The summed E-state index contributed by atoms with van der Waals surface area (Å²) < 4.78 is 0. The molecule has 0 bridgehead atoms. The van der Waals surface area contributed by atoms with E-state index >= 15 is 0 Å². The van der Waals surface area contributed by atoms with Gasteiger partial charge in [-0.2, -0.15) is 0 Å². The van der Waals surface area contributed by atoms with Crippen molar-refractivity contribution >= 4 is 33.5 Å². The number of hydrogen-bond donors (Lipinski definition) is 2. The summed E-state index contributed by atoms with van der Waals surface area (Å²) in [4.78, 5) is 23.4. The molecule has 4 nitrogen and oxygen atoms in total. The van der Waals surface area contributed by atoms with E-state index in [1.165, 1.54) is 33.7 Å². The van der Waals surface area contributed by atoms with E-state index in [1.54, 1.807) is 36.4 Å². The van der Waals surface area contributed by atoms with E-state index < -0.39 is 11.9 Å². The lowest BCUT2D eigenvalue weighted by molar-refractivity contribution is 0.0682. The van der Waals surface area contributed by atoms with Crippen LogP contribution in [0.2, 0.25) is 0 Å². The average Bonchev–Trinajstić information content (AvgIpc) is 2.45. The third-order valence-corrected chi connectivity index (χ3v) is 4.94. The van der Waals surface area contributed by atoms with E-state index in [2.05, 4.69) is 0 Å². The van der Waals surface area contributed by atoms with Crippen molar-refractivity contribution in [3.63, 3.8) is 0 Å². The molecular weight excluding hydrogens is 308 g/mol.